The Morgan fingerprint density at radius 2 is 1.84 bits per heavy atom. The minimum Gasteiger partial charge on any atom is -0.444 e. The van der Waals surface area contributed by atoms with Gasteiger partial charge in [-0.15, -0.1) is 0 Å². The molecule has 0 unspecified atom stereocenters. The summed E-state index contributed by atoms with van der Waals surface area (Å²) < 4.78 is 14.8. The van der Waals surface area contributed by atoms with Gasteiger partial charge in [-0.25, -0.2) is 19.6 Å². The molecule has 13 nitrogen and oxygen atoms in total. The summed E-state index contributed by atoms with van der Waals surface area (Å²) in [6.45, 7) is 16.4. The van der Waals surface area contributed by atoms with E-state index >= 15 is 0 Å². The first-order valence-corrected chi connectivity index (χ1v) is 14.8. The summed E-state index contributed by atoms with van der Waals surface area (Å²) in [4.78, 5) is 38.3. The van der Waals surface area contributed by atoms with E-state index in [1.807, 2.05) is 53.2 Å². The molecule has 0 bridgehead atoms. The molecule has 3 aromatic rings. The third-order valence-electron chi connectivity index (χ3n) is 7.15. The number of aromatic nitrogens is 5. The van der Waals surface area contributed by atoms with Gasteiger partial charge in [-0.2, -0.15) is 9.61 Å². The lowest BCUT2D eigenvalue weighted by Crippen LogP contribution is -2.49. The van der Waals surface area contributed by atoms with Gasteiger partial charge in [0.25, 0.3) is 0 Å². The number of aliphatic hydroxyl groups excluding tert-OH is 1. The summed E-state index contributed by atoms with van der Waals surface area (Å²) in [5.74, 6) is 1.03. The Hall–Kier alpha value is -3.87. The number of likely N-dealkylation sites (tertiary alicyclic amines) is 1. The standard InChI is InChI=1S/C30H46N8O5/c1-19(2)22-15-33-38-25(37(28(41)43-30(6,7)8)16-21-14-31-18-35(21)9)12-24(34-26(22)38)32-13-20-10-11-36(17-23(20)39)27(40)42-29(3,4)5/h12,14-15,18-20,23,39H,10-11,13,16-17H2,1-9H3,(H,32,34)/t20-,23+/m1/s1. The SMILES string of the molecule is CC(C)c1cnn2c(N(Cc3cncn3C)C(=O)OC(C)(C)C)cc(NC[C@H]3CCN(C(=O)OC(C)(C)C)C[C@@H]3O)nc12. The average molecular weight is 599 g/mol. The first kappa shape index (κ1) is 32.1. The Labute approximate surface area is 253 Å². The molecule has 1 aliphatic rings. The summed E-state index contributed by atoms with van der Waals surface area (Å²) in [7, 11) is 1.87. The van der Waals surface area contributed by atoms with Crippen LogP contribution in [0.4, 0.5) is 21.2 Å². The van der Waals surface area contributed by atoms with Crippen LogP contribution in [0.5, 0.6) is 0 Å². The van der Waals surface area contributed by atoms with Crippen molar-refractivity contribution in [2.75, 3.05) is 29.9 Å². The van der Waals surface area contributed by atoms with Crippen LogP contribution < -0.4 is 10.2 Å². The zero-order valence-electron chi connectivity index (χ0n) is 26.8. The summed E-state index contributed by atoms with van der Waals surface area (Å²) in [5, 5.41) is 18.9. The molecular formula is C30H46N8O5. The molecule has 1 saturated heterocycles. The predicted octanol–water partition coefficient (Wildman–Crippen LogP) is 4.56. The quantitative estimate of drug-likeness (QED) is 0.401. The van der Waals surface area contributed by atoms with E-state index in [1.54, 1.807) is 34.2 Å². The van der Waals surface area contributed by atoms with Crippen LogP contribution in [0.3, 0.4) is 0 Å². The molecule has 0 saturated carbocycles. The molecule has 13 heteroatoms. The topological polar surface area (TPSA) is 139 Å². The van der Waals surface area contributed by atoms with Crippen LogP contribution in [0.2, 0.25) is 0 Å². The van der Waals surface area contributed by atoms with Crippen molar-refractivity contribution in [2.24, 2.45) is 13.0 Å². The van der Waals surface area contributed by atoms with Crippen molar-refractivity contribution in [3.05, 3.63) is 36.0 Å². The van der Waals surface area contributed by atoms with Crippen molar-refractivity contribution in [3.8, 4) is 0 Å². The zero-order chi connectivity index (χ0) is 31.7. The number of imidazole rings is 1. The number of piperidine rings is 1. The molecule has 4 rings (SSSR count). The second-order valence-electron chi connectivity index (χ2n) is 13.5. The molecule has 236 valence electrons. The van der Waals surface area contributed by atoms with Crippen LogP contribution in [-0.2, 0) is 23.1 Å². The van der Waals surface area contributed by atoms with Gasteiger partial charge in [-0.3, -0.25) is 4.90 Å². The normalized spacial score (nSPS) is 17.8. The maximum atomic E-state index is 13.6. The number of nitrogens with zero attached hydrogens (tertiary/aromatic N) is 7. The number of carbonyl (C=O) groups is 2. The second kappa shape index (κ2) is 12.4. The summed E-state index contributed by atoms with van der Waals surface area (Å²) in [6.07, 6.45) is 4.07. The van der Waals surface area contributed by atoms with Gasteiger partial charge in [-0.05, 0) is 53.9 Å². The van der Waals surface area contributed by atoms with E-state index in [0.717, 1.165) is 11.3 Å². The van der Waals surface area contributed by atoms with Gasteiger partial charge in [0.1, 0.15) is 22.8 Å². The molecule has 0 radical (unpaired) electrons. The Kier molecular flexibility index (Phi) is 9.24. The number of rotatable bonds is 7. The monoisotopic (exact) mass is 598 g/mol. The van der Waals surface area contributed by atoms with E-state index in [9.17, 15) is 14.7 Å². The molecule has 43 heavy (non-hydrogen) atoms. The van der Waals surface area contributed by atoms with Gasteiger partial charge >= 0.3 is 12.2 Å². The fraction of sp³-hybridized carbons (Fsp3) is 0.633. The lowest BCUT2D eigenvalue weighted by atomic mass is 9.94. The smallest absolute Gasteiger partial charge is 0.416 e. The van der Waals surface area contributed by atoms with Crippen LogP contribution in [0.25, 0.3) is 5.65 Å². The van der Waals surface area contributed by atoms with Crippen molar-refractivity contribution in [1.82, 2.24) is 29.0 Å². The highest BCUT2D eigenvalue weighted by Crippen LogP contribution is 2.29. The second-order valence-corrected chi connectivity index (χ2v) is 13.5. The van der Waals surface area contributed by atoms with Crippen molar-refractivity contribution < 1.29 is 24.2 Å². The highest BCUT2D eigenvalue weighted by Gasteiger charge is 2.33. The average Bonchev–Trinajstić information content (AvgIpc) is 3.50. The van der Waals surface area contributed by atoms with Crippen LogP contribution >= 0.6 is 0 Å². The predicted molar refractivity (Wildman–Crippen MR) is 163 cm³/mol. The lowest BCUT2D eigenvalue weighted by molar-refractivity contribution is -0.0104. The van der Waals surface area contributed by atoms with E-state index < -0.39 is 29.5 Å². The first-order valence-electron chi connectivity index (χ1n) is 14.8. The Morgan fingerprint density at radius 1 is 1.14 bits per heavy atom. The minimum atomic E-state index is -0.735. The number of nitrogens with one attached hydrogen (secondary N) is 1. The minimum absolute atomic E-state index is 0.119. The lowest BCUT2D eigenvalue weighted by Gasteiger charge is -2.36. The van der Waals surface area contributed by atoms with Gasteiger partial charge in [0, 0.05) is 43.9 Å². The van der Waals surface area contributed by atoms with Gasteiger partial charge < -0.3 is 29.4 Å². The van der Waals surface area contributed by atoms with Gasteiger partial charge in [0.2, 0.25) is 0 Å². The molecule has 0 aliphatic carbocycles. The number of carbonyl (C=O) groups excluding carboxylic acids is 2. The maximum Gasteiger partial charge on any atom is 0.416 e. The van der Waals surface area contributed by atoms with E-state index in [-0.39, 0.29) is 24.9 Å². The van der Waals surface area contributed by atoms with Gasteiger partial charge in [-0.1, -0.05) is 13.8 Å². The molecule has 1 aliphatic heterocycles. The van der Waals surface area contributed by atoms with Crippen LogP contribution in [-0.4, -0.2) is 83.3 Å². The Bertz CT molecular complexity index is 1430. The number of aliphatic hydroxyl groups is 1. The Morgan fingerprint density at radius 3 is 2.42 bits per heavy atom. The molecule has 2 atom stereocenters. The zero-order valence-corrected chi connectivity index (χ0v) is 26.8. The summed E-state index contributed by atoms with van der Waals surface area (Å²) in [5.41, 5.74) is 1.04. The molecule has 0 spiro atoms. The van der Waals surface area contributed by atoms with Crippen LogP contribution in [0.15, 0.2) is 24.8 Å². The van der Waals surface area contributed by atoms with E-state index in [1.165, 1.54) is 4.90 Å². The number of aryl methyl sites for hydroxylation is 1. The molecule has 3 aromatic heterocycles. The molecule has 0 aromatic carbocycles. The molecule has 1 fully saturated rings. The fourth-order valence-electron chi connectivity index (χ4n) is 4.86. The molecule has 2 N–H and O–H groups in total. The largest absolute Gasteiger partial charge is 0.444 e. The maximum absolute atomic E-state index is 13.6. The summed E-state index contributed by atoms with van der Waals surface area (Å²) in [6, 6.07) is 1.77. The van der Waals surface area contributed by atoms with Crippen molar-refractivity contribution >= 4 is 29.5 Å². The van der Waals surface area contributed by atoms with Crippen molar-refractivity contribution in [3.63, 3.8) is 0 Å². The molecular weight excluding hydrogens is 552 g/mol. The number of β-amino-alcohol motifs (C(OH)–C–C–N with tert-alkyl or cyclic N) is 1. The highest BCUT2D eigenvalue weighted by atomic mass is 16.6. The number of anilines is 2. The molecule has 2 amide bonds. The number of hydrogen-bond acceptors (Lipinski definition) is 9. The summed E-state index contributed by atoms with van der Waals surface area (Å²) >= 11 is 0. The van der Waals surface area contributed by atoms with Gasteiger partial charge in [0.15, 0.2) is 5.65 Å². The Balaban J connectivity index is 1.63. The highest BCUT2D eigenvalue weighted by molar-refractivity contribution is 5.88. The van der Waals surface area contributed by atoms with E-state index in [0.29, 0.717) is 36.8 Å². The van der Waals surface area contributed by atoms with Crippen LogP contribution in [0.1, 0.15) is 79.0 Å². The number of fused-ring (bicyclic) bond motifs is 1. The molecule has 4 heterocycles. The van der Waals surface area contributed by atoms with E-state index in [4.69, 9.17) is 14.5 Å². The number of ether oxygens (including phenoxy) is 2. The van der Waals surface area contributed by atoms with Gasteiger partial charge in [0.05, 0.1) is 37.4 Å². The number of amides is 2. The van der Waals surface area contributed by atoms with Crippen molar-refractivity contribution in [2.45, 2.75) is 91.6 Å². The van der Waals surface area contributed by atoms with E-state index in [2.05, 4.69) is 29.2 Å². The first-order chi connectivity index (χ1) is 20.0. The number of hydrogen-bond donors (Lipinski definition) is 2. The third-order valence-corrected chi connectivity index (χ3v) is 7.15. The van der Waals surface area contributed by atoms with Crippen molar-refractivity contribution in [1.29, 1.82) is 0 Å². The fourth-order valence-corrected chi connectivity index (χ4v) is 4.86. The third kappa shape index (κ3) is 7.95. The van der Waals surface area contributed by atoms with Crippen LogP contribution in [0, 0.1) is 5.92 Å².